The van der Waals surface area contributed by atoms with E-state index in [1.807, 2.05) is 30.3 Å². The zero-order valence-corrected chi connectivity index (χ0v) is 14.9. The largest absolute Gasteiger partial charge is 0.467 e. The second-order valence-electron chi connectivity index (χ2n) is 6.24. The highest BCUT2D eigenvalue weighted by molar-refractivity contribution is 5.87. The second kappa shape index (κ2) is 7.90. The third kappa shape index (κ3) is 4.08. The highest BCUT2D eigenvalue weighted by Crippen LogP contribution is 2.38. The van der Waals surface area contributed by atoms with E-state index in [1.165, 1.54) is 11.1 Å². The summed E-state index contributed by atoms with van der Waals surface area (Å²) in [6.45, 7) is 0.0491. The number of hydrogen-bond acceptors (Lipinski definition) is 5. The van der Waals surface area contributed by atoms with Gasteiger partial charge in [-0.15, -0.1) is 0 Å². The van der Waals surface area contributed by atoms with Gasteiger partial charge in [-0.1, -0.05) is 42.5 Å². The lowest BCUT2D eigenvalue weighted by Crippen LogP contribution is -2.44. The summed E-state index contributed by atoms with van der Waals surface area (Å²) in [7, 11) is 1.16. The van der Waals surface area contributed by atoms with Crippen molar-refractivity contribution in [3.8, 4) is 11.1 Å². The predicted octanol–water partition coefficient (Wildman–Crippen LogP) is 1.90. The van der Waals surface area contributed by atoms with Crippen LogP contribution in [0.3, 0.4) is 0 Å². The molecule has 0 bridgehead atoms. The van der Waals surface area contributed by atoms with Gasteiger partial charge in [-0.05, 0) is 34.2 Å². The van der Waals surface area contributed by atoms with Crippen LogP contribution in [0.5, 0.6) is 0 Å². The van der Waals surface area contributed by atoms with Crippen molar-refractivity contribution in [1.29, 1.82) is 0 Å². The van der Waals surface area contributed by atoms with Gasteiger partial charge in [0.2, 0.25) is 5.91 Å². The van der Waals surface area contributed by atoms with Crippen molar-refractivity contribution in [2.24, 2.45) is 5.73 Å². The number of ether oxygens (including phenoxy) is 2. The summed E-state index contributed by atoms with van der Waals surface area (Å²) in [6, 6.07) is 12.8. The number of rotatable bonds is 6. The fraction of sp³-hybridized carbons (Fsp3) is 0.250. The Kier molecular flexibility index (Phi) is 5.40. The number of carbonyl (C=O) groups excluding carboxylic acids is 3. The van der Waals surface area contributed by atoms with Crippen molar-refractivity contribution in [3.05, 3.63) is 59.2 Å². The minimum atomic E-state index is -1.18. The molecule has 7 nitrogen and oxygen atoms in total. The summed E-state index contributed by atoms with van der Waals surface area (Å²) in [5.41, 5.74) is 10.7. The molecule has 0 spiro atoms. The first kappa shape index (κ1) is 18.4. The number of carbonyl (C=O) groups is 3. The lowest BCUT2D eigenvalue weighted by atomic mass is 10.0. The van der Waals surface area contributed by atoms with Crippen LogP contribution in [0.15, 0.2) is 42.5 Å². The van der Waals surface area contributed by atoms with Crippen molar-refractivity contribution in [2.45, 2.75) is 25.5 Å². The van der Waals surface area contributed by atoms with Gasteiger partial charge in [0.25, 0.3) is 0 Å². The number of primary amides is 1. The van der Waals surface area contributed by atoms with Crippen LogP contribution in [-0.2, 0) is 32.1 Å². The number of nitrogens with two attached hydrogens (primary N) is 1. The molecule has 7 heteroatoms. The summed E-state index contributed by atoms with van der Waals surface area (Å²) in [6.07, 6.45) is -0.406. The van der Waals surface area contributed by atoms with Crippen LogP contribution in [0.1, 0.15) is 23.1 Å². The van der Waals surface area contributed by atoms with E-state index in [1.54, 1.807) is 0 Å². The van der Waals surface area contributed by atoms with Gasteiger partial charge in [0.15, 0.2) is 0 Å². The third-order valence-electron chi connectivity index (χ3n) is 4.49. The minimum Gasteiger partial charge on any atom is -0.467 e. The van der Waals surface area contributed by atoms with Crippen LogP contribution in [0.4, 0.5) is 4.79 Å². The van der Waals surface area contributed by atoms with Gasteiger partial charge in [0, 0.05) is 0 Å². The maximum absolute atomic E-state index is 12.1. The molecule has 0 heterocycles. The Hall–Kier alpha value is -3.35. The van der Waals surface area contributed by atoms with Crippen molar-refractivity contribution < 1.29 is 23.9 Å². The van der Waals surface area contributed by atoms with Crippen LogP contribution in [0.25, 0.3) is 11.1 Å². The van der Waals surface area contributed by atoms with Gasteiger partial charge < -0.3 is 20.5 Å². The Bertz CT molecular complexity index is 894. The monoisotopic (exact) mass is 368 g/mol. The highest BCUT2D eigenvalue weighted by atomic mass is 16.6. The first-order valence-electron chi connectivity index (χ1n) is 8.48. The van der Waals surface area contributed by atoms with Crippen LogP contribution < -0.4 is 11.1 Å². The normalized spacial score (nSPS) is 12.5. The maximum atomic E-state index is 12.1. The van der Waals surface area contributed by atoms with E-state index in [0.29, 0.717) is 0 Å². The van der Waals surface area contributed by atoms with E-state index >= 15 is 0 Å². The Morgan fingerprint density at radius 1 is 1.11 bits per heavy atom. The molecule has 1 aliphatic carbocycles. The van der Waals surface area contributed by atoms with Crippen LogP contribution >= 0.6 is 0 Å². The number of hydrogen-bond donors (Lipinski definition) is 2. The summed E-state index contributed by atoms with van der Waals surface area (Å²) in [5.74, 6) is -1.49. The van der Waals surface area contributed by atoms with E-state index in [0.717, 1.165) is 30.2 Å². The van der Waals surface area contributed by atoms with E-state index in [4.69, 9.17) is 10.5 Å². The fourth-order valence-electron chi connectivity index (χ4n) is 3.22. The van der Waals surface area contributed by atoms with E-state index in [2.05, 4.69) is 22.2 Å². The lowest BCUT2D eigenvalue weighted by Gasteiger charge is -2.15. The summed E-state index contributed by atoms with van der Waals surface area (Å²) >= 11 is 0. The van der Waals surface area contributed by atoms with Gasteiger partial charge >= 0.3 is 12.1 Å². The van der Waals surface area contributed by atoms with Crippen molar-refractivity contribution in [3.63, 3.8) is 0 Å². The molecule has 2 aromatic carbocycles. The molecule has 140 valence electrons. The molecule has 27 heavy (non-hydrogen) atoms. The van der Waals surface area contributed by atoms with Crippen molar-refractivity contribution in [2.75, 3.05) is 7.11 Å². The predicted molar refractivity (Wildman–Crippen MR) is 97.6 cm³/mol. The molecule has 0 aliphatic heterocycles. The first-order chi connectivity index (χ1) is 13.0. The molecule has 1 aliphatic rings. The minimum absolute atomic E-state index is 0.0491. The Labute approximate surface area is 156 Å². The fourth-order valence-corrected chi connectivity index (χ4v) is 3.22. The number of esters is 1. The quantitative estimate of drug-likeness (QED) is 0.646. The number of benzene rings is 2. The zero-order chi connectivity index (χ0) is 19.4. The molecular weight excluding hydrogens is 348 g/mol. The standard InChI is InChI=1S/C20H20N2O5/c1-26-19(24)17(10-18(21)23)22-20(25)27-11-13-6-4-8-15-14-7-3-2-5-12(14)9-16(13)15/h2-8,17H,9-11H2,1H3,(H2,21,23)(H,22,25)/t17-/m0/s1. The topological polar surface area (TPSA) is 108 Å². The lowest BCUT2D eigenvalue weighted by molar-refractivity contribution is -0.144. The SMILES string of the molecule is COC(=O)[C@H](CC(N)=O)NC(=O)OCc1cccc2c1Cc1ccccc1-2. The van der Waals surface area contributed by atoms with Gasteiger partial charge in [0.1, 0.15) is 12.6 Å². The zero-order valence-electron chi connectivity index (χ0n) is 14.9. The molecule has 0 aromatic heterocycles. The van der Waals surface area contributed by atoms with Crippen molar-refractivity contribution in [1.82, 2.24) is 5.32 Å². The van der Waals surface area contributed by atoms with Gasteiger partial charge in [-0.3, -0.25) is 4.79 Å². The number of nitrogens with one attached hydrogen (secondary N) is 1. The van der Waals surface area contributed by atoms with E-state index < -0.39 is 24.0 Å². The number of alkyl carbamates (subject to hydrolysis) is 1. The molecule has 3 N–H and O–H groups in total. The van der Waals surface area contributed by atoms with Crippen LogP contribution in [-0.4, -0.2) is 31.1 Å². The molecule has 0 saturated carbocycles. The number of amides is 2. The molecule has 0 fully saturated rings. The van der Waals surface area contributed by atoms with E-state index in [-0.39, 0.29) is 13.0 Å². The molecule has 0 saturated heterocycles. The van der Waals surface area contributed by atoms with Gasteiger partial charge in [-0.25, -0.2) is 9.59 Å². The van der Waals surface area contributed by atoms with E-state index in [9.17, 15) is 14.4 Å². The average molecular weight is 368 g/mol. The van der Waals surface area contributed by atoms with Crippen LogP contribution in [0, 0.1) is 0 Å². The Morgan fingerprint density at radius 3 is 2.59 bits per heavy atom. The summed E-state index contributed by atoms with van der Waals surface area (Å²) in [5, 5.41) is 2.32. The molecular formula is C20H20N2O5. The maximum Gasteiger partial charge on any atom is 0.408 e. The smallest absolute Gasteiger partial charge is 0.408 e. The molecule has 2 aromatic rings. The number of fused-ring (bicyclic) bond motifs is 3. The third-order valence-corrected chi connectivity index (χ3v) is 4.49. The summed E-state index contributed by atoms with van der Waals surface area (Å²) < 4.78 is 9.81. The molecule has 1 atom stereocenters. The van der Waals surface area contributed by atoms with Gasteiger partial charge in [-0.2, -0.15) is 0 Å². The second-order valence-corrected chi connectivity index (χ2v) is 6.24. The average Bonchev–Trinajstić information content (AvgIpc) is 3.04. The van der Waals surface area contributed by atoms with Crippen LogP contribution in [0.2, 0.25) is 0 Å². The Morgan fingerprint density at radius 2 is 1.85 bits per heavy atom. The molecule has 0 unspecified atom stereocenters. The molecule has 2 amide bonds. The summed E-state index contributed by atoms with van der Waals surface area (Å²) in [4.78, 5) is 34.7. The molecule has 3 rings (SSSR count). The van der Waals surface area contributed by atoms with Gasteiger partial charge in [0.05, 0.1) is 13.5 Å². The Balaban J connectivity index is 1.66. The number of methoxy groups -OCH3 is 1. The van der Waals surface area contributed by atoms with Crippen molar-refractivity contribution >= 4 is 18.0 Å². The highest BCUT2D eigenvalue weighted by Gasteiger charge is 2.25. The first-order valence-corrected chi connectivity index (χ1v) is 8.48. The molecule has 0 radical (unpaired) electrons.